The molecule has 5 nitrogen and oxygen atoms in total. The van der Waals surface area contributed by atoms with Crippen molar-refractivity contribution in [2.24, 2.45) is 0 Å². The Morgan fingerprint density at radius 3 is 1.59 bits per heavy atom. The molecule has 2 heterocycles. The van der Waals surface area contributed by atoms with E-state index in [9.17, 15) is 8.78 Å². The van der Waals surface area contributed by atoms with Gasteiger partial charge in [0.05, 0.1) is 0 Å². The molecule has 1 aliphatic rings. The molecule has 29 heavy (non-hydrogen) atoms. The van der Waals surface area contributed by atoms with Gasteiger partial charge >= 0.3 is 0 Å². The topological polar surface area (TPSA) is 45.2 Å². The molecule has 0 amide bonds. The highest BCUT2D eigenvalue weighted by Crippen LogP contribution is 2.16. The SMILES string of the molecule is CN1CCN(c2nc(Cc3ccc(F)cc3)nc(Cc3ccc(F)cc3)n2)CC1. The number of hydrogen-bond donors (Lipinski definition) is 0. The molecule has 1 saturated heterocycles. The Hall–Kier alpha value is -2.93. The van der Waals surface area contributed by atoms with Gasteiger partial charge in [-0.3, -0.25) is 0 Å². The van der Waals surface area contributed by atoms with Crippen molar-refractivity contribution in [2.45, 2.75) is 12.8 Å². The normalized spacial score (nSPS) is 14.9. The van der Waals surface area contributed by atoms with Crippen LogP contribution in [-0.2, 0) is 12.8 Å². The average Bonchev–Trinajstić information content (AvgIpc) is 2.72. The van der Waals surface area contributed by atoms with E-state index < -0.39 is 0 Å². The zero-order valence-electron chi connectivity index (χ0n) is 16.4. The molecule has 0 atom stereocenters. The van der Waals surface area contributed by atoms with Gasteiger partial charge in [-0.25, -0.2) is 13.8 Å². The molecule has 7 heteroatoms. The number of anilines is 1. The molecule has 2 aromatic carbocycles. The third-order valence-electron chi connectivity index (χ3n) is 5.05. The van der Waals surface area contributed by atoms with E-state index in [0.717, 1.165) is 37.3 Å². The first-order chi connectivity index (χ1) is 14.0. The monoisotopic (exact) mass is 395 g/mol. The van der Waals surface area contributed by atoms with Crippen molar-refractivity contribution >= 4 is 5.95 Å². The zero-order chi connectivity index (χ0) is 20.2. The Labute approximate surface area is 169 Å². The minimum Gasteiger partial charge on any atom is -0.338 e. The summed E-state index contributed by atoms with van der Waals surface area (Å²) in [6, 6.07) is 12.7. The van der Waals surface area contributed by atoms with E-state index in [-0.39, 0.29) is 11.6 Å². The summed E-state index contributed by atoms with van der Waals surface area (Å²) in [6.45, 7) is 3.61. The van der Waals surface area contributed by atoms with Gasteiger partial charge in [0.1, 0.15) is 23.3 Å². The summed E-state index contributed by atoms with van der Waals surface area (Å²) < 4.78 is 26.4. The average molecular weight is 395 g/mol. The summed E-state index contributed by atoms with van der Waals surface area (Å²) >= 11 is 0. The Kier molecular flexibility index (Phi) is 5.76. The Morgan fingerprint density at radius 2 is 1.14 bits per heavy atom. The number of aromatic nitrogens is 3. The van der Waals surface area contributed by atoms with Crippen LogP contribution in [0.1, 0.15) is 22.8 Å². The van der Waals surface area contributed by atoms with E-state index in [4.69, 9.17) is 0 Å². The van der Waals surface area contributed by atoms with Crippen molar-refractivity contribution in [3.05, 3.63) is 82.9 Å². The molecule has 0 radical (unpaired) electrons. The zero-order valence-corrected chi connectivity index (χ0v) is 16.4. The minimum absolute atomic E-state index is 0.264. The number of benzene rings is 2. The third kappa shape index (κ3) is 5.12. The predicted molar refractivity (Wildman–Crippen MR) is 108 cm³/mol. The summed E-state index contributed by atoms with van der Waals surface area (Å²) in [5, 5.41) is 0. The highest BCUT2D eigenvalue weighted by Gasteiger charge is 2.19. The molecule has 0 aliphatic carbocycles. The van der Waals surface area contributed by atoms with E-state index >= 15 is 0 Å². The van der Waals surface area contributed by atoms with Crippen LogP contribution in [0.5, 0.6) is 0 Å². The lowest BCUT2D eigenvalue weighted by Crippen LogP contribution is -2.45. The first kappa shape index (κ1) is 19.4. The second-order valence-electron chi connectivity index (χ2n) is 7.36. The smallest absolute Gasteiger partial charge is 0.228 e. The Morgan fingerprint density at radius 1 is 0.690 bits per heavy atom. The van der Waals surface area contributed by atoms with Crippen molar-refractivity contribution in [1.82, 2.24) is 19.9 Å². The van der Waals surface area contributed by atoms with Crippen LogP contribution in [0, 0.1) is 11.6 Å². The van der Waals surface area contributed by atoms with Gasteiger partial charge in [0.25, 0.3) is 0 Å². The van der Waals surface area contributed by atoms with Gasteiger partial charge in [0.2, 0.25) is 5.95 Å². The van der Waals surface area contributed by atoms with E-state index in [1.165, 1.54) is 24.3 Å². The fourth-order valence-electron chi connectivity index (χ4n) is 3.33. The summed E-state index contributed by atoms with van der Waals surface area (Å²) in [7, 11) is 2.10. The fraction of sp³-hybridized carbons (Fsp3) is 0.318. The van der Waals surface area contributed by atoms with Gasteiger partial charge in [-0.1, -0.05) is 24.3 Å². The van der Waals surface area contributed by atoms with Crippen LogP contribution in [0.4, 0.5) is 14.7 Å². The molecule has 4 rings (SSSR count). The van der Waals surface area contributed by atoms with Crippen molar-refractivity contribution in [2.75, 3.05) is 38.1 Å². The first-order valence-corrected chi connectivity index (χ1v) is 9.71. The second-order valence-corrected chi connectivity index (χ2v) is 7.36. The molecule has 0 bridgehead atoms. The van der Waals surface area contributed by atoms with Crippen molar-refractivity contribution in [1.29, 1.82) is 0 Å². The lowest BCUT2D eigenvalue weighted by atomic mass is 10.1. The second kappa shape index (κ2) is 8.61. The number of rotatable bonds is 5. The lowest BCUT2D eigenvalue weighted by Gasteiger charge is -2.32. The molecule has 3 aromatic rings. The molecular formula is C22H23F2N5. The maximum Gasteiger partial charge on any atom is 0.228 e. The molecule has 1 aliphatic heterocycles. The summed E-state index contributed by atoms with van der Waals surface area (Å²) in [5.74, 6) is 1.44. The molecular weight excluding hydrogens is 372 g/mol. The van der Waals surface area contributed by atoms with Gasteiger partial charge < -0.3 is 9.80 Å². The number of halogens is 2. The van der Waals surface area contributed by atoms with Gasteiger partial charge in [-0.2, -0.15) is 9.97 Å². The highest BCUT2D eigenvalue weighted by molar-refractivity contribution is 5.33. The van der Waals surface area contributed by atoms with E-state index in [0.29, 0.717) is 30.4 Å². The highest BCUT2D eigenvalue weighted by atomic mass is 19.1. The van der Waals surface area contributed by atoms with Crippen LogP contribution in [0.25, 0.3) is 0 Å². The van der Waals surface area contributed by atoms with Crippen LogP contribution in [-0.4, -0.2) is 53.1 Å². The number of piperazine rings is 1. The van der Waals surface area contributed by atoms with Gasteiger partial charge in [0.15, 0.2) is 0 Å². The maximum atomic E-state index is 13.2. The van der Waals surface area contributed by atoms with Crippen LogP contribution in [0.3, 0.4) is 0 Å². The fourth-order valence-corrected chi connectivity index (χ4v) is 3.33. The van der Waals surface area contributed by atoms with Crippen molar-refractivity contribution in [3.63, 3.8) is 0 Å². The maximum absolute atomic E-state index is 13.2. The van der Waals surface area contributed by atoms with Crippen LogP contribution in [0.15, 0.2) is 48.5 Å². The number of nitrogens with zero attached hydrogens (tertiary/aromatic N) is 5. The van der Waals surface area contributed by atoms with E-state index in [1.807, 2.05) is 0 Å². The number of likely N-dealkylation sites (N-methyl/N-ethyl adjacent to an activating group) is 1. The standard InChI is InChI=1S/C22H23F2N5/c1-28-10-12-29(13-11-28)22-26-20(14-16-2-6-18(23)7-3-16)25-21(27-22)15-17-4-8-19(24)9-5-17/h2-9H,10-15H2,1H3. The molecule has 0 N–H and O–H groups in total. The van der Waals surface area contributed by atoms with Gasteiger partial charge in [0, 0.05) is 39.0 Å². The molecule has 1 aromatic heterocycles. The molecule has 0 unspecified atom stereocenters. The summed E-state index contributed by atoms with van der Waals surface area (Å²) in [6.07, 6.45) is 1.000. The van der Waals surface area contributed by atoms with Gasteiger partial charge in [-0.15, -0.1) is 0 Å². The first-order valence-electron chi connectivity index (χ1n) is 9.71. The van der Waals surface area contributed by atoms with Crippen LogP contribution in [0.2, 0.25) is 0 Å². The minimum atomic E-state index is -0.264. The van der Waals surface area contributed by atoms with Crippen molar-refractivity contribution < 1.29 is 8.78 Å². The lowest BCUT2D eigenvalue weighted by molar-refractivity contribution is 0.311. The largest absolute Gasteiger partial charge is 0.338 e. The summed E-state index contributed by atoms with van der Waals surface area (Å²) in [4.78, 5) is 18.5. The molecule has 150 valence electrons. The molecule has 0 saturated carbocycles. The van der Waals surface area contributed by atoms with Crippen molar-refractivity contribution in [3.8, 4) is 0 Å². The van der Waals surface area contributed by atoms with Crippen LogP contribution >= 0.6 is 0 Å². The molecule has 0 spiro atoms. The van der Waals surface area contributed by atoms with E-state index in [1.54, 1.807) is 24.3 Å². The summed E-state index contributed by atoms with van der Waals surface area (Å²) in [5.41, 5.74) is 1.88. The predicted octanol–water partition coefficient (Wildman–Crippen LogP) is 3.08. The van der Waals surface area contributed by atoms with E-state index in [2.05, 4.69) is 31.8 Å². The number of hydrogen-bond acceptors (Lipinski definition) is 5. The van der Waals surface area contributed by atoms with Crippen LogP contribution < -0.4 is 4.90 Å². The Bertz CT molecular complexity index is 886. The Balaban J connectivity index is 1.62. The molecule has 1 fully saturated rings. The third-order valence-corrected chi connectivity index (χ3v) is 5.05. The van der Waals surface area contributed by atoms with Gasteiger partial charge in [-0.05, 0) is 42.4 Å². The quantitative estimate of drug-likeness (QED) is 0.664.